The Morgan fingerprint density at radius 3 is 2.11 bits per heavy atom. The third kappa shape index (κ3) is 12.8. The van der Waals surface area contributed by atoms with E-state index in [1.165, 1.54) is 77.0 Å². The molecule has 0 bridgehead atoms. The Hall–Kier alpha value is -1.51. The number of ether oxygens (including phenoxy) is 1. The van der Waals surface area contributed by atoms with Crippen molar-refractivity contribution >= 4 is 5.97 Å². The van der Waals surface area contributed by atoms with Gasteiger partial charge in [0.05, 0.1) is 12.2 Å². The lowest BCUT2D eigenvalue weighted by Crippen LogP contribution is -2.11. The van der Waals surface area contributed by atoms with Gasteiger partial charge in [-0.2, -0.15) is 0 Å². The summed E-state index contributed by atoms with van der Waals surface area (Å²) in [4.78, 5) is 11.9. The van der Waals surface area contributed by atoms with Crippen LogP contribution in [0.3, 0.4) is 0 Å². The van der Waals surface area contributed by atoms with Crippen LogP contribution in [0.1, 0.15) is 110 Å². The summed E-state index contributed by atoms with van der Waals surface area (Å²) in [5.74, 6) is -0.227. The molecule has 0 saturated heterocycles. The summed E-state index contributed by atoms with van der Waals surface area (Å²) < 4.78 is 5.25. The number of aliphatic hydroxyl groups is 1. The number of hydrogen-bond acceptors (Lipinski definition) is 3. The van der Waals surface area contributed by atoms with Gasteiger partial charge in [-0.25, -0.2) is 4.79 Å². The number of rotatable bonds is 17. The van der Waals surface area contributed by atoms with Gasteiger partial charge in [-0.3, -0.25) is 0 Å². The first-order chi connectivity index (χ1) is 13.8. The monoisotopic (exact) mass is 390 g/mol. The average molecular weight is 391 g/mol. The Morgan fingerprint density at radius 2 is 1.50 bits per heavy atom. The van der Waals surface area contributed by atoms with Crippen LogP contribution in [0.25, 0.3) is 0 Å². The molecule has 0 saturated carbocycles. The molecule has 0 aromatic heterocycles. The molecule has 1 rings (SSSR count). The molecule has 0 amide bonds. The second-order valence-electron chi connectivity index (χ2n) is 7.88. The van der Waals surface area contributed by atoms with Gasteiger partial charge in [-0.05, 0) is 44.6 Å². The molecule has 1 aliphatic carbocycles. The molecule has 1 aliphatic rings. The largest absolute Gasteiger partial charge is 0.511 e. The van der Waals surface area contributed by atoms with E-state index in [4.69, 9.17) is 4.74 Å². The van der Waals surface area contributed by atoms with E-state index >= 15 is 0 Å². The van der Waals surface area contributed by atoms with Crippen LogP contribution >= 0.6 is 0 Å². The van der Waals surface area contributed by atoms with Crippen molar-refractivity contribution in [2.24, 2.45) is 0 Å². The van der Waals surface area contributed by atoms with E-state index in [1.807, 2.05) is 6.08 Å². The standard InChI is InChI=1S/C25H42O3/c1-2-3-4-5-6-7-8-9-10-11-12-13-14-15-16-19-22-28-25(27)23-20-17-18-21-24(23)26/h9-10,17,20,26H,2-8,11-16,18-19,21-22H2,1H3/b10-9-. The Labute approximate surface area is 172 Å². The minimum Gasteiger partial charge on any atom is -0.511 e. The Balaban J connectivity index is 1.83. The Morgan fingerprint density at radius 1 is 0.929 bits per heavy atom. The van der Waals surface area contributed by atoms with Crippen LogP contribution in [0.5, 0.6) is 0 Å². The van der Waals surface area contributed by atoms with Crippen LogP contribution in [0.15, 0.2) is 35.6 Å². The molecule has 0 aromatic carbocycles. The van der Waals surface area contributed by atoms with Gasteiger partial charge in [-0.1, -0.05) is 82.9 Å². The molecule has 3 nitrogen and oxygen atoms in total. The molecule has 0 heterocycles. The molecular formula is C25H42O3. The van der Waals surface area contributed by atoms with Gasteiger partial charge < -0.3 is 9.84 Å². The number of hydrogen-bond donors (Lipinski definition) is 1. The van der Waals surface area contributed by atoms with E-state index in [1.54, 1.807) is 6.08 Å². The average Bonchev–Trinajstić information content (AvgIpc) is 2.70. The SMILES string of the molecule is CCCCCCCC/C=C\CCCCCCCCOC(=O)C1=C(O)CCC=C1. The maximum atomic E-state index is 11.9. The number of carbonyl (C=O) groups excluding carboxylic acids is 1. The predicted molar refractivity (Wildman–Crippen MR) is 118 cm³/mol. The number of allylic oxidation sites excluding steroid dienone is 4. The summed E-state index contributed by atoms with van der Waals surface area (Å²) in [5.41, 5.74) is 0.329. The van der Waals surface area contributed by atoms with E-state index in [2.05, 4.69) is 19.1 Å². The highest BCUT2D eigenvalue weighted by atomic mass is 16.5. The second-order valence-corrected chi connectivity index (χ2v) is 7.88. The molecule has 0 spiro atoms. The van der Waals surface area contributed by atoms with Gasteiger partial charge >= 0.3 is 5.97 Å². The van der Waals surface area contributed by atoms with Crippen molar-refractivity contribution in [3.8, 4) is 0 Å². The molecule has 28 heavy (non-hydrogen) atoms. The molecule has 0 atom stereocenters. The van der Waals surface area contributed by atoms with Crippen molar-refractivity contribution in [3.05, 3.63) is 35.6 Å². The molecule has 0 fully saturated rings. The van der Waals surface area contributed by atoms with Crippen molar-refractivity contribution in [2.75, 3.05) is 6.61 Å². The van der Waals surface area contributed by atoms with Crippen LogP contribution < -0.4 is 0 Å². The van der Waals surface area contributed by atoms with Crippen molar-refractivity contribution in [2.45, 2.75) is 110 Å². The second kappa shape index (κ2) is 17.6. The molecule has 3 heteroatoms. The Bertz CT molecular complexity index is 488. The lowest BCUT2D eigenvalue weighted by molar-refractivity contribution is -0.139. The van der Waals surface area contributed by atoms with Gasteiger partial charge in [0.25, 0.3) is 0 Å². The summed E-state index contributed by atoms with van der Waals surface area (Å²) in [6.45, 7) is 2.71. The third-order valence-corrected chi connectivity index (χ3v) is 5.25. The predicted octanol–water partition coefficient (Wildman–Crippen LogP) is 7.73. The molecule has 0 unspecified atom stereocenters. The number of unbranched alkanes of at least 4 members (excludes halogenated alkanes) is 12. The van der Waals surface area contributed by atoms with Crippen LogP contribution in [0, 0.1) is 0 Å². The van der Waals surface area contributed by atoms with Gasteiger partial charge in [0.2, 0.25) is 0 Å². The topological polar surface area (TPSA) is 46.5 Å². The zero-order chi connectivity index (χ0) is 20.3. The van der Waals surface area contributed by atoms with Crippen molar-refractivity contribution < 1.29 is 14.6 Å². The van der Waals surface area contributed by atoms with E-state index in [9.17, 15) is 9.90 Å². The van der Waals surface area contributed by atoms with Gasteiger partial charge in [-0.15, -0.1) is 0 Å². The zero-order valence-electron chi connectivity index (χ0n) is 18.1. The van der Waals surface area contributed by atoms with Crippen LogP contribution in [0.2, 0.25) is 0 Å². The van der Waals surface area contributed by atoms with E-state index in [-0.39, 0.29) is 11.7 Å². The van der Waals surface area contributed by atoms with Crippen LogP contribution in [-0.4, -0.2) is 17.7 Å². The van der Waals surface area contributed by atoms with E-state index < -0.39 is 0 Å². The number of carbonyl (C=O) groups is 1. The maximum absolute atomic E-state index is 11.9. The molecule has 0 aromatic rings. The van der Waals surface area contributed by atoms with Crippen LogP contribution in [0.4, 0.5) is 0 Å². The first-order valence-corrected chi connectivity index (χ1v) is 11.7. The fourth-order valence-electron chi connectivity index (χ4n) is 3.43. The first-order valence-electron chi connectivity index (χ1n) is 11.7. The van der Waals surface area contributed by atoms with Crippen LogP contribution in [-0.2, 0) is 9.53 Å². The third-order valence-electron chi connectivity index (χ3n) is 5.25. The molecular weight excluding hydrogens is 348 g/mol. The molecule has 160 valence electrons. The number of esters is 1. The summed E-state index contributed by atoms with van der Waals surface area (Å²) in [6.07, 6.45) is 27.4. The summed E-state index contributed by atoms with van der Waals surface area (Å²) in [6, 6.07) is 0. The van der Waals surface area contributed by atoms with Crippen molar-refractivity contribution in [1.82, 2.24) is 0 Å². The highest BCUT2D eigenvalue weighted by Crippen LogP contribution is 2.18. The van der Waals surface area contributed by atoms with Gasteiger partial charge in [0.15, 0.2) is 0 Å². The minimum absolute atomic E-state index is 0.161. The highest BCUT2D eigenvalue weighted by Gasteiger charge is 2.15. The molecule has 1 N–H and O–H groups in total. The quantitative estimate of drug-likeness (QED) is 0.157. The zero-order valence-corrected chi connectivity index (χ0v) is 18.1. The molecule has 0 aliphatic heterocycles. The van der Waals surface area contributed by atoms with Crippen molar-refractivity contribution in [3.63, 3.8) is 0 Å². The maximum Gasteiger partial charge on any atom is 0.341 e. The van der Waals surface area contributed by atoms with Gasteiger partial charge in [0.1, 0.15) is 5.76 Å². The first kappa shape index (κ1) is 24.5. The smallest absolute Gasteiger partial charge is 0.341 e. The lowest BCUT2D eigenvalue weighted by atomic mass is 10.1. The summed E-state index contributed by atoms with van der Waals surface area (Å²) in [7, 11) is 0. The van der Waals surface area contributed by atoms with Gasteiger partial charge in [0, 0.05) is 6.42 Å². The molecule has 0 radical (unpaired) electrons. The highest BCUT2D eigenvalue weighted by molar-refractivity contribution is 5.92. The fourth-order valence-corrected chi connectivity index (χ4v) is 3.43. The Kier molecular flexibility index (Phi) is 15.4. The summed E-state index contributed by atoms with van der Waals surface area (Å²) >= 11 is 0. The lowest BCUT2D eigenvalue weighted by Gasteiger charge is -2.10. The van der Waals surface area contributed by atoms with Crippen molar-refractivity contribution in [1.29, 1.82) is 0 Å². The fraction of sp³-hybridized carbons (Fsp3) is 0.720. The van der Waals surface area contributed by atoms with E-state index in [0.717, 1.165) is 19.3 Å². The summed E-state index contributed by atoms with van der Waals surface area (Å²) in [5, 5.41) is 9.71. The van der Waals surface area contributed by atoms with E-state index in [0.29, 0.717) is 18.6 Å². The minimum atomic E-state index is -0.388. The normalized spacial score (nSPS) is 14.2. The number of aliphatic hydroxyl groups excluding tert-OH is 1.